The summed E-state index contributed by atoms with van der Waals surface area (Å²) in [7, 11) is 0. The fourth-order valence-electron chi connectivity index (χ4n) is 1.77. The lowest BCUT2D eigenvalue weighted by Crippen LogP contribution is -2.14. The summed E-state index contributed by atoms with van der Waals surface area (Å²) in [5.41, 5.74) is 7.21. The molecule has 20 heavy (non-hydrogen) atoms. The number of ether oxygens (including phenoxy) is 1. The number of halogens is 1. The number of carbonyl (C=O) groups excluding carboxylic acids is 1. The average molecular weight is 291 g/mol. The molecule has 5 heteroatoms. The van der Waals surface area contributed by atoms with Crippen LogP contribution in [-0.4, -0.2) is 12.5 Å². The minimum absolute atomic E-state index is 0.275. The topological polar surface area (TPSA) is 64.3 Å². The molecule has 1 amide bonds. The van der Waals surface area contributed by atoms with Crippen LogP contribution < -0.4 is 15.8 Å². The van der Waals surface area contributed by atoms with Gasteiger partial charge in [0, 0.05) is 5.02 Å². The van der Waals surface area contributed by atoms with Crippen molar-refractivity contribution in [3.8, 4) is 5.75 Å². The summed E-state index contributed by atoms with van der Waals surface area (Å²) in [6, 6.07) is 12.0. The first-order chi connectivity index (χ1) is 9.61. The zero-order valence-electron chi connectivity index (χ0n) is 11.0. The summed E-state index contributed by atoms with van der Waals surface area (Å²) < 4.78 is 5.43. The summed E-state index contributed by atoms with van der Waals surface area (Å²) in [5, 5.41) is 3.27. The SMILES string of the molecule is CCOc1ccccc1C(=O)Nc1ccc(Cl)cc1N. The highest BCUT2D eigenvalue weighted by atomic mass is 35.5. The van der Waals surface area contributed by atoms with Crippen molar-refractivity contribution in [1.29, 1.82) is 0 Å². The molecule has 0 aliphatic heterocycles. The number of hydrogen-bond acceptors (Lipinski definition) is 3. The molecule has 2 aromatic rings. The predicted octanol–water partition coefficient (Wildman–Crippen LogP) is 3.57. The van der Waals surface area contributed by atoms with E-state index in [0.717, 1.165) is 0 Å². The second-order valence-electron chi connectivity index (χ2n) is 4.11. The maximum atomic E-state index is 12.3. The van der Waals surface area contributed by atoms with Gasteiger partial charge in [-0.3, -0.25) is 4.79 Å². The van der Waals surface area contributed by atoms with Crippen LogP contribution in [0.2, 0.25) is 5.02 Å². The van der Waals surface area contributed by atoms with Gasteiger partial charge in [0.1, 0.15) is 5.75 Å². The fraction of sp³-hybridized carbons (Fsp3) is 0.133. The Kier molecular flexibility index (Phi) is 4.48. The quantitative estimate of drug-likeness (QED) is 0.846. The van der Waals surface area contributed by atoms with Crippen molar-refractivity contribution in [3.63, 3.8) is 0 Å². The molecule has 0 radical (unpaired) electrons. The molecule has 0 unspecified atom stereocenters. The van der Waals surface area contributed by atoms with Crippen LogP contribution in [0.1, 0.15) is 17.3 Å². The standard InChI is InChI=1S/C15H15ClN2O2/c1-2-20-14-6-4-3-5-11(14)15(19)18-13-8-7-10(16)9-12(13)17/h3-9H,2,17H2,1H3,(H,18,19). The van der Waals surface area contributed by atoms with E-state index in [2.05, 4.69) is 5.32 Å². The molecule has 0 saturated carbocycles. The second kappa shape index (κ2) is 6.30. The number of rotatable bonds is 4. The number of carbonyl (C=O) groups is 1. The van der Waals surface area contributed by atoms with E-state index in [1.165, 1.54) is 0 Å². The normalized spacial score (nSPS) is 10.1. The van der Waals surface area contributed by atoms with Crippen molar-refractivity contribution in [1.82, 2.24) is 0 Å². The van der Waals surface area contributed by atoms with Crippen molar-refractivity contribution < 1.29 is 9.53 Å². The molecule has 0 spiro atoms. The monoisotopic (exact) mass is 290 g/mol. The van der Waals surface area contributed by atoms with Crippen LogP contribution in [0.3, 0.4) is 0 Å². The van der Waals surface area contributed by atoms with E-state index >= 15 is 0 Å². The van der Waals surface area contributed by atoms with Gasteiger partial charge in [-0.2, -0.15) is 0 Å². The van der Waals surface area contributed by atoms with Gasteiger partial charge < -0.3 is 15.8 Å². The van der Waals surface area contributed by atoms with E-state index in [1.54, 1.807) is 36.4 Å². The number of benzene rings is 2. The number of para-hydroxylation sites is 1. The van der Waals surface area contributed by atoms with Crippen molar-refractivity contribution >= 4 is 28.9 Å². The number of hydrogen-bond donors (Lipinski definition) is 2. The molecule has 0 aliphatic rings. The molecule has 0 heterocycles. The highest BCUT2D eigenvalue weighted by Crippen LogP contribution is 2.25. The predicted molar refractivity (Wildman–Crippen MR) is 81.4 cm³/mol. The van der Waals surface area contributed by atoms with Crippen LogP contribution in [-0.2, 0) is 0 Å². The van der Waals surface area contributed by atoms with Crippen LogP contribution in [0, 0.1) is 0 Å². The zero-order chi connectivity index (χ0) is 14.5. The lowest BCUT2D eigenvalue weighted by atomic mass is 10.1. The van der Waals surface area contributed by atoms with Crippen molar-refractivity contribution in [2.75, 3.05) is 17.7 Å². The second-order valence-corrected chi connectivity index (χ2v) is 4.55. The van der Waals surface area contributed by atoms with Gasteiger partial charge in [-0.15, -0.1) is 0 Å². The van der Waals surface area contributed by atoms with Gasteiger partial charge in [0.15, 0.2) is 0 Å². The molecule has 0 saturated heterocycles. The number of anilines is 2. The van der Waals surface area contributed by atoms with E-state index in [1.807, 2.05) is 13.0 Å². The Morgan fingerprint density at radius 2 is 2.05 bits per heavy atom. The molecule has 2 rings (SSSR count). The lowest BCUT2D eigenvalue weighted by molar-refractivity contribution is 0.102. The van der Waals surface area contributed by atoms with Gasteiger partial charge in [-0.05, 0) is 37.3 Å². The molecule has 2 aromatic carbocycles. The van der Waals surface area contributed by atoms with Crippen LogP contribution >= 0.6 is 11.6 Å². The molecular formula is C15H15ClN2O2. The van der Waals surface area contributed by atoms with Crippen LogP contribution in [0.25, 0.3) is 0 Å². The van der Waals surface area contributed by atoms with E-state index < -0.39 is 0 Å². The molecular weight excluding hydrogens is 276 g/mol. The third-order valence-electron chi connectivity index (χ3n) is 2.69. The Balaban J connectivity index is 2.24. The molecule has 3 N–H and O–H groups in total. The van der Waals surface area contributed by atoms with Crippen LogP contribution in [0.15, 0.2) is 42.5 Å². The number of nitrogens with two attached hydrogens (primary N) is 1. The van der Waals surface area contributed by atoms with Gasteiger partial charge >= 0.3 is 0 Å². The van der Waals surface area contributed by atoms with Gasteiger partial charge in [-0.1, -0.05) is 23.7 Å². The van der Waals surface area contributed by atoms with Crippen LogP contribution in [0.5, 0.6) is 5.75 Å². The number of nitrogen functional groups attached to an aromatic ring is 1. The number of nitrogens with one attached hydrogen (secondary N) is 1. The first-order valence-corrected chi connectivity index (χ1v) is 6.58. The molecule has 0 fully saturated rings. The Morgan fingerprint density at radius 1 is 1.30 bits per heavy atom. The molecule has 104 valence electrons. The smallest absolute Gasteiger partial charge is 0.259 e. The Morgan fingerprint density at radius 3 is 2.75 bits per heavy atom. The van der Waals surface area contributed by atoms with Gasteiger partial charge in [-0.25, -0.2) is 0 Å². The maximum absolute atomic E-state index is 12.3. The maximum Gasteiger partial charge on any atom is 0.259 e. The minimum Gasteiger partial charge on any atom is -0.493 e. The van der Waals surface area contributed by atoms with Gasteiger partial charge in [0.25, 0.3) is 5.91 Å². The summed E-state index contributed by atoms with van der Waals surface area (Å²) in [6.45, 7) is 2.36. The van der Waals surface area contributed by atoms with Crippen molar-refractivity contribution in [2.45, 2.75) is 6.92 Å². The summed E-state index contributed by atoms with van der Waals surface area (Å²) in [5.74, 6) is 0.267. The first kappa shape index (κ1) is 14.2. The van der Waals surface area contributed by atoms with E-state index in [-0.39, 0.29) is 5.91 Å². The Bertz CT molecular complexity index is 629. The third-order valence-corrected chi connectivity index (χ3v) is 2.93. The van der Waals surface area contributed by atoms with Crippen molar-refractivity contribution in [3.05, 3.63) is 53.1 Å². The molecule has 4 nitrogen and oxygen atoms in total. The van der Waals surface area contributed by atoms with E-state index in [0.29, 0.717) is 34.3 Å². The molecule has 0 aliphatic carbocycles. The molecule has 0 atom stereocenters. The summed E-state index contributed by atoms with van der Waals surface area (Å²) in [6.07, 6.45) is 0. The minimum atomic E-state index is -0.275. The average Bonchev–Trinajstić information content (AvgIpc) is 2.43. The third kappa shape index (κ3) is 3.22. The number of amides is 1. The van der Waals surface area contributed by atoms with Crippen LogP contribution in [0.4, 0.5) is 11.4 Å². The van der Waals surface area contributed by atoms with E-state index in [9.17, 15) is 4.79 Å². The lowest BCUT2D eigenvalue weighted by Gasteiger charge is -2.11. The Labute approximate surface area is 122 Å². The fourth-order valence-corrected chi connectivity index (χ4v) is 1.95. The molecule has 0 bridgehead atoms. The molecule has 0 aromatic heterocycles. The largest absolute Gasteiger partial charge is 0.493 e. The highest BCUT2D eigenvalue weighted by molar-refractivity contribution is 6.31. The summed E-state index contributed by atoms with van der Waals surface area (Å²) in [4.78, 5) is 12.3. The summed E-state index contributed by atoms with van der Waals surface area (Å²) >= 11 is 5.82. The van der Waals surface area contributed by atoms with Gasteiger partial charge in [0.2, 0.25) is 0 Å². The van der Waals surface area contributed by atoms with E-state index in [4.69, 9.17) is 22.1 Å². The van der Waals surface area contributed by atoms with Gasteiger partial charge in [0.05, 0.1) is 23.5 Å². The first-order valence-electron chi connectivity index (χ1n) is 6.20. The Hall–Kier alpha value is -2.20. The van der Waals surface area contributed by atoms with Crippen molar-refractivity contribution in [2.24, 2.45) is 0 Å². The highest BCUT2D eigenvalue weighted by Gasteiger charge is 2.13. The zero-order valence-corrected chi connectivity index (χ0v) is 11.8.